The molecule has 1 aromatic carbocycles. The van der Waals surface area contributed by atoms with Crippen LogP contribution < -0.4 is 0 Å². The third kappa shape index (κ3) is 1.65. The van der Waals surface area contributed by atoms with Crippen molar-refractivity contribution in [2.24, 2.45) is 0 Å². The van der Waals surface area contributed by atoms with Crippen molar-refractivity contribution in [1.29, 1.82) is 0 Å². The van der Waals surface area contributed by atoms with Crippen molar-refractivity contribution >= 4 is 15.8 Å². The van der Waals surface area contributed by atoms with Gasteiger partial charge in [0.15, 0.2) is 14.6 Å². The van der Waals surface area contributed by atoms with Crippen LogP contribution in [0.4, 0.5) is 0 Å². The minimum absolute atomic E-state index is 0.185. The molecule has 1 aliphatic carbocycles. The highest BCUT2D eigenvalue weighted by Gasteiger charge is 2.56. The maximum atomic E-state index is 12.4. The lowest BCUT2D eigenvalue weighted by Gasteiger charge is -2.37. The van der Waals surface area contributed by atoms with Crippen LogP contribution in [0.5, 0.6) is 0 Å². The van der Waals surface area contributed by atoms with Gasteiger partial charge < -0.3 is 4.74 Å². The second-order valence-corrected chi connectivity index (χ2v) is 6.42. The number of sulfone groups is 1. The molecule has 0 aliphatic heterocycles. The van der Waals surface area contributed by atoms with Gasteiger partial charge in [-0.05, 0) is 31.4 Å². The number of benzene rings is 1. The molecule has 0 radical (unpaired) electrons. The minimum atomic E-state index is -3.65. The molecule has 1 saturated carbocycles. The Morgan fingerprint density at radius 2 is 1.82 bits per heavy atom. The number of hydrogen-bond donors (Lipinski definition) is 0. The molecule has 0 spiro atoms. The summed E-state index contributed by atoms with van der Waals surface area (Å²) in [6, 6.07) is 8.06. The fourth-order valence-electron chi connectivity index (χ4n) is 2.09. The molecule has 0 atom stereocenters. The molecule has 0 heterocycles. The van der Waals surface area contributed by atoms with E-state index in [0.29, 0.717) is 12.8 Å². The molecule has 92 valence electrons. The van der Waals surface area contributed by atoms with Gasteiger partial charge in [0, 0.05) is 0 Å². The molecule has 2 rings (SSSR count). The Morgan fingerprint density at radius 3 is 2.24 bits per heavy atom. The number of methoxy groups -OCH3 is 1. The smallest absolute Gasteiger partial charge is 0.327 e. The monoisotopic (exact) mass is 254 g/mol. The zero-order valence-electron chi connectivity index (χ0n) is 9.55. The highest BCUT2D eigenvalue weighted by Crippen LogP contribution is 2.43. The summed E-state index contributed by atoms with van der Waals surface area (Å²) in [7, 11) is -2.42. The Labute approximate surface area is 101 Å². The lowest BCUT2D eigenvalue weighted by molar-refractivity contribution is -0.146. The van der Waals surface area contributed by atoms with Gasteiger partial charge in [0.25, 0.3) is 0 Å². The van der Waals surface area contributed by atoms with Crippen molar-refractivity contribution in [3.63, 3.8) is 0 Å². The fourth-order valence-corrected chi connectivity index (χ4v) is 4.19. The average molecular weight is 254 g/mol. The minimum Gasteiger partial charge on any atom is -0.468 e. The number of rotatable bonds is 3. The lowest BCUT2D eigenvalue weighted by atomic mass is 9.84. The lowest BCUT2D eigenvalue weighted by Crippen LogP contribution is -2.52. The maximum Gasteiger partial charge on any atom is 0.327 e. The van der Waals surface area contributed by atoms with E-state index in [1.54, 1.807) is 18.2 Å². The van der Waals surface area contributed by atoms with Crippen LogP contribution in [0.25, 0.3) is 0 Å². The van der Waals surface area contributed by atoms with Crippen LogP contribution in [0.3, 0.4) is 0 Å². The fraction of sp³-hybridized carbons (Fsp3) is 0.417. The van der Waals surface area contributed by atoms with Gasteiger partial charge in [-0.15, -0.1) is 0 Å². The number of esters is 1. The summed E-state index contributed by atoms with van der Waals surface area (Å²) in [5.41, 5.74) is 0. The van der Waals surface area contributed by atoms with E-state index in [4.69, 9.17) is 0 Å². The Morgan fingerprint density at radius 1 is 1.24 bits per heavy atom. The largest absolute Gasteiger partial charge is 0.468 e. The predicted molar refractivity (Wildman–Crippen MR) is 62.2 cm³/mol. The standard InChI is InChI=1S/C12H14O4S/c1-16-11(13)12(8-5-9-12)17(14,15)10-6-3-2-4-7-10/h2-4,6-7H,5,8-9H2,1H3. The Bertz CT molecular complexity index is 515. The first-order valence-electron chi connectivity index (χ1n) is 5.43. The number of ether oxygens (including phenoxy) is 1. The van der Waals surface area contributed by atoms with E-state index in [9.17, 15) is 13.2 Å². The summed E-state index contributed by atoms with van der Waals surface area (Å²) < 4.78 is 28.2. The van der Waals surface area contributed by atoms with Gasteiger partial charge in [0.2, 0.25) is 0 Å². The van der Waals surface area contributed by atoms with Crippen molar-refractivity contribution in [2.45, 2.75) is 28.9 Å². The molecule has 0 amide bonds. The molecule has 1 aromatic rings. The van der Waals surface area contributed by atoms with Crippen molar-refractivity contribution in [2.75, 3.05) is 7.11 Å². The van der Waals surface area contributed by atoms with Gasteiger partial charge in [-0.1, -0.05) is 18.2 Å². The van der Waals surface area contributed by atoms with Gasteiger partial charge in [-0.3, -0.25) is 4.79 Å². The summed E-state index contributed by atoms with van der Waals surface area (Å²) in [6.07, 6.45) is 1.43. The molecule has 0 aromatic heterocycles. The van der Waals surface area contributed by atoms with E-state index in [1.165, 1.54) is 19.2 Å². The molecule has 0 N–H and O–H groups in total. The SMILES string of the molecule is COC(=O)C1(S(=O)(=O)c2ccccc2)CCC1. The molecular weight excluding hydrogens is 240 g/mol. The summed E-state index contributed by atoms with van der Waals surface area (Å²) in [4.78, 5) is 11.9. The molecule has 0 saturated heterocycles. The summed E-state index contributed by atoms with van der Waals surface area (Å²) in [6.45, 7) is 0. The number of carbonyl (C=O) groups is 1. The highest BCUT2D eigenvalue weighted by molar-refractivity contribution is 7.93. The van der Waals surface area contributed by atoms with E-state index in [1.807, 2.05) is 0 Å². The number of hydrogen-bond acceptors (Lipinski definition) is 4. The zero-order chi connectivity index (χ0) is 12.5. The van der Waals surface area contributed by atoms with Crippen LogP contribution in [0, 0.1) is 0 Å². The van der Waals surface area contributed by atoms with Gasteiger partial charge in [0.05, 0.1) is 12.0 Å². The van der Waals surface area contributed by atoms with E-state index in [-0.39, 0.29) is 4.90 Å². The Kier molecular flexibility index (Phi) is 2.95. The summed E-state index contributed by atoms with van der Waals surface area (Å²) in [5.74, 6) is -0.646. The molecule has 5 heteroatoms. The molecule has 4 nitrogen and oxygen atoms in total. The third-order valence-corrected chi connectivity index (χ3v) is 5.78. The van der Waals surface area contributed by atoms with Crippen LogP contribution in [-0.4, -0.2) is 26.2 Å². The molecular formula is C12H14O4S. The summed E-state index contributed by atoms with van der Waals surface area (Å²) in [5, 5.41) is 0. The second kappa shape index (κ2) is 4.14. The van der Waals surface area contributed by atoms with Gasteiger partial charge in [-0.25, -0.2) is 8.42 Å². The first kappa shape index (κ1) is 12.1. The first-order valence-corrected chi connectivity index (χ1v) is 6.91. The van der Waals surface area contributed by atoms with Gasteiger partial charge >= 0.3 is 5.97 Å². The van der Waals surface area contributed by atoms with E-state index in [2.05, 4.69) is 4.74 Å². The van der Waals surface area contributed by atoms with Crippen LogP contribution in [0.2, 0.25) is 0 Å². The van der Waals surface area contributed by atoms with Crippen LogP contribution in [0.15, 0.2) is 35.2 Å². The molecule has 1 aliphatic rings. The van der Waals surface area contributed by atoms with Gasteiger partial charge in [-0.2, -0.15) is 0 Å². The topological polar surface area (TPSA) is 60.4 Å². The quantitative estimate of drug-likeness (QED) is 0.768. The predicted octanol–water partition coefficient (Wildman–Crippen LogP) is 1.56. The van der Waals surface area contributed by atoms with E-state index >= 15 is 0 Å². The van der Waals surface area contributed by atoms with E-state index < -0.39 is 20.6 Å². The highest BCUT2D eigenvalue weighted by atomic mass is 32.2. The molecule has 17 heavy (non-hydrogen) atoms. The molecule has 1 fully saturated rings. The van der Waals surface area contributed by atoms with E-state index in [0.717, 1.165) is 6.42 Å². The van der Waals surface area contributed by atoms with Crippen molar-refractivity contribution in [1.82, 2.24) is 0 Å². The maximum absolute atomic E-state index is 12.4. The average Bonchev–Trinajstić information content (AvgIpc) is 2.28. The second-order valence-electron chi connectivity index (χ2n) is 4.16. The summed E-state index contributed by atoms with van der Waals surface area (Å²) >= 11 is 0. The molecule has 0 unspecified atom stereocenters. The normalized spacial score (nSPS) is 18.2. The van der Waals surface area contributed by atoms with Crippen LogP contribution >= 0.6 is 0 Å². The Hall–Kier alpha value is -1.36. The van der Waals surface area contributed by atoms with Crippen molar-refractivity contribution < 1.29 is 17.9 Å². The number of carbonyl (C=O) groups excluding carboxylic acids is 1. The van der Waals surface area contributed by atoms with Gasteiger partial charge in [0.1, 0.15) is 0 Å². The Balaban J connectivity index is 2.48. The first-order chi connectivity index (χ1) is 8.04. The zero-order valence-corrected chi connectivity index (χ0v) is 10.4. The van der Waals surface area contributed by atoms with Crippen LogP contribution in [-0.2, 0) is 19.4 Å². The molecule has 0 bridgehead atoms. The van der Waals surface area contributed by atoms with Crippen molar-refractivity contribution in [3.8, 4) is 0 Å². The van der Waals surface area contributed by atoms with Crippen molar-refractivity contribution in [3.05, 3.63) is 30.3 Å². The van der Waals surface area contributed by atoms with Crippen LogP contribution in [0.1, 0.15) is 19.3 Å². The third-order valence-electron chi connectivity index (χ3n) is 3.29.